The molecule has 1 rings (SSSR count). The van der Waals surface area contributed by atoms with Crippen molar-refractivity contribution in [3.8, 4) is 0 Å². The van der Waals surface area contributed by atoms with Gasteiger partial charge in [0.25, 0.3) is 0 Å². The zero-order valence-electron chi connectivity index (χ0n) is 11.6. The SMILES string of the molecule is CCOC(=O)CC(C(=O)OCC)c1ccc(C)cc1. The molecule has 1 unspecified atom stereocenters. The van der Waals surface area contributed by atoms with Crippen LogP contribution in [0.15, 0.2) is 24.3 Å². The van der Waals surface area contributed by atoms with Gasteiger partial charge in [-0.25, -0.2) is 0 Å². The highest BCUT2D eigenvalue weighted by Gasteiger charge is 2.25. The van der Waals surface area contributed by atoms with Crippen LogP contribution in [0.2, 0.25) is 0 Å². The average molecular weight is 264 g/mol. The molecule has 104 valence electrons. The Hall–Kier alpha value is -1.84. The van der Waals surface area contributed by atoms with Gasteiger partial charge in [-0.3, -0.25) is 9.59 Å². The van der Waals surface area contributed by atoms with E-state index in [1.807, 2.05) is 31.2 Å². The maximum atomic E-state index is 11.9. The lowest BCUT2D eigenvalue weighted by atomic mass is 9.95. The molecule has 4 nitrogen and oxygen atoms in total. The van der Waals surface area contributed by atoms with Crippen molar-refractivity contribution in [3.05, 3.63) is 35.4 Å². The molecular formula is C15H20O4. The molecule has 0 spiro atoms. The van der Waals surface area contributed by atoms with E-state index in [1.54, 1.807) is 13.8 Å². The first kappa shape index (κ1) is 15.2. The molecule has 1 atom stereocenters. The molecule has 0 bridgehead atoms. The highest BCUT2D eigenvalue weighted by atomic mass is 16.5. The van der Waals surface area contributed by atoms with E-state index in [4.69, 9.17) is 9.47 Å². The lowest BCUT2D eigenvalue weighted by Crippen LogP contribution is -2.20. The van der Waals surface area contributed by atoms with E-state index in [0.717, 1.165) is 11.1 Å². The first-order valence-corrected chi connectivity index (χ1v) is 6.47. The maximum absolute atomic E-state index is 11.9. The molecule has 19 heavy (non-hydrogen) atoms. The van der Waals surface area contributed by atoms with Crippen LogP contribution < -0.4 is 0 Å². The Labute approximate surface area is 113 Å². The Kier molecular flexibility index (Phi) is 6.06. The summed E-state index contributed by atoms with van der Waals surface area (Å²) in [6.07, 6.45) is 0.00966. The van der Waals surface area contributed by atoms with Crippen molar-refractivity contribution < 1.29 is 19.1 Å². The topological polar surface area (TPSA) is 52.6 Å². The number of hydrogen-bond acceptors (Lipinski definition) is 4. The molecule has 0 aromatic heterocycles. The maximum Gasteiger partial charge on any atom is 0.313 e. The Morgan fingerprint density at radius 2 is 1.63 bits per heavy atom. The predicted octanol–water partition coefficient (Wildman–Crippen LogP) is 2.59. The largest absolute Gasteiger partial charge is 0.466 e. The number of rotatable bonds is 6. The summed E-state index contributed by atoms with van der Waals surface area (Å²) in [5.74, 6) is -1.37. The molecule has 0 amide bonds. The number of hydrogen-bond donors (Lipinski definition) is 0. The van der Waals surface area contributed by atoms with Gasteiger partial charge in [-0.15, -0.1) is 0 Å². The summed E-state index contributed by atoms with van der Waals surface area (Å²) in [6.45, 7) is 6.05. The lowest BCUT2D eigenvalue weighted by Gasteiger charge is -2.15. The number of aryl methyl sites for hydroxylation is 1. The molecule has 1 aromatic carbocycles. The van der Waals surface area contributed by atoms with E-state index in [0.29, 0.717) is 13.2 Å². The lowest BCUT2D eigenvalue weighted by molar-refractivity contribution is -0.151. The summed E-state index contributed by atoms with van der Waals surface area (Å²) < 4.78 is 9.92. The third kappa shape index (κ3) is 4.73. The number of ether oxygens (including phenoxy) is 2. The second kappa shape index (κ2) is 7.56. The summed E-state index contributed by atoms with van der Waals surface area (Å²) in [6, 6.07) is 7.51. The first-order valence-electron chi connectivity index (χ1n) is 6.47. The van der Waals surface area contributed by atoms with Gasteiger partial charge in [0.15, 0.2) is 0 Å². The minimum Gasteiger partial charge on any atom is -0.466 e. The van der Waals surface area contributed by atoms with Crippen molar-refractivity contribution in [3.63, 3.8) is 0 Å². The summed E-state index contributed by atoms with van der Waals surface area (Å²) >= 11 is 0. The fraction of sp³-hybridized carbons (Fsp3) is 0.467. The summed E-state index contributed by atoms with van der Waals surface area (Å²) in [5, 5.41) is 0. The van der Waals surface area contributed by atoms with Crippen molar-refractivity contribution in [2.45, 2.75) is 33.1 Å². The molecule has 0 aliphatic carbocycles. The zero-order chi connectivity index (χ0) is 14.3. The van der Waals surface area contributed by atoms with E-state index in [-0.39, 0.29) is 18.4 Å². The molecule has 0 saturated carbocycles. The van der Waals surface area contributed by atoms with Crippen LogP contribution in [0.1, 0.15) is 37.3 Å². The molecular weight excluding hydrogens is 244 g/mol. The van der Waals surface area contributed by atoms with E-state index in [2.05, 4.69) is 0 Å². The van der Waals surface area contributed by atoms with Crippen molar-refractivity contribution in [1.82, 2.24) is 0 Å². The van der Waals surface area contributed by atoms with Crippen LogP contribution in [-0.2, 0) is 19.1 Å². The van der Waals surface area contributed by atoms with E-state index in [9.17, 15) is 9.59 Å². The molecule has 0 fully saturated rings. The molecule has 4 heteroatoms. The highest BCUT2D eigenvalue weighted by molar-refractivity contribution is 5.84. The van der Waals surface area contributed by atoms with Crippen molar-refractivity contribution in [2.24, 2.45) is 0 Å². The van der Waals surface area contributed by atoms with Gasteiger partial charge in [0, 0.05) is 0 Å². The second-order valence-electron chi connectivity index (χ2n) is 4.22. The van der Waals surface area contributed by atoms with Crippen molar-refractivity contribution in [1.29, 1.82) is 0 Å². The normalized spacial score (nSPS) is 11.7. The van der Waals surface area contributed by atoms with Crippen molar-refractivity contribution in [2.75, 3.05) is 13.2 Å². The predicted molar refractivity (Wildman–Crippen MR) is 71.8 cm³/mol. The molecule has 0 radical (unpaired) electrons. The minimum atomic E-state index is -0.598. The first-order chi connectivity index (χ1) is 9.08. The standard InChI is InChI=1S/C15H20O4/c1-4-18-14(16)10-13(15(17)19-5-2)12-8-6-11(3)7-9-12/h6-9,13H,4-5,10H2,1-3H3. The average Bonchev–Trinajstić information content (AvgIpc) is 2.38. The van der Waals surface area contributed by atoms with Crippen molar-refractivity contribution >= 4 is 11.9 Å². The van der Waals surface area contributed by atoms with E-state index in [1.165, 1.54) is 0 Å². The third-order valence-corrected chi connectivity index (χ3v) is 2.73. The van der Waals surface area contributed by atoms with Crippen LogP contribution in [0.4, 0.5) is 0 Å². The number of benzene rings is 1. The Morgan fingerprint density at radius 1 is 1.05 bits per heavy atom. The summed E-state index contributed by atoms with van der Waals surface area (Å²) in [4.78, 5) is 23.5. The molecule has 0 heterocycles. The fourth-order valence-electron chi connectivity index (χ4n) is 1.77. The summed E-state index contributed by atoms with van der Waals surface area (Å²) in [7, 11) is 0. The minimum absolute atomic E-state index is 0.00966. The van der Waals surface area contributed by atoms with E-state index < -0.39 is 5.92 Å². The zero-order valence-corrected chi connectivity index (χ0v) is 11.6. The molecule has 0 aliphatic heterocycles. The van der Waals surface area contributed by atoms with Gasteiger partial charge in [-0.2, -0.15) is 0 Å². The fourth-order valence-corrected chi connectivity index (χ4v) is 1.77. The van der Waals surface area contributed by atoms with Crippen LogP contribution >= 0.6 is 0 Å². The molecule has 0 aliphatic rings. The van der Waals surface area contributed by atoms with Gasteiger partial charge in [0.2, 0.25) is 0 Å². The van der Waals surface area contributed by atoms with Crippen LogP contribution in [0, 0.1) is 6.92 Å². The quantitative estimate of drug-likeness (QED) is 0.741. The van der Waals surface area contributed by atoms with Gasteiger partial charge >= 0.3 is 11.9 Å². The number of carbonyl (C=O) groups excluding carboxylic acids is 2. The smallest absolute Gasteiger partial charge is 0.313 e. The van der Waals surface area contributed by atoms with Gasteiger partial charge < -0.3 is 9.47 Å². The molecule has 0 N–H and O–H groups in total. The Balaban J connectivity index is 2.88. The second-order valence-corrected chi connectivity index (χ2v) is 4.22. The van der Waals surface area contributed by atoms with Gasteiger partial charge in [0.1, 0.15) is 0 Å². The number of esters is 2. The van der Waals surface area contributed by atoms with E-state index >= 15 is 0 Å². The van der Waals surface area contributed by atoms with Gasteiger partial charge in [0.05, 0.1) is 25.6 Å². The monoisotopic (exact) mass is 264 g/mol. The van der Waals surface area contributed by atoms with Gasteiger partial charge in [-0.1, -0.05) is 29.8 Å². The van der Waals surface area contributed by atoms with Crippen LogP contribution in [0.5, 0.6) is 0 Å². The summed E-state index contributed by atoms with van der Waals surface area (Å²) in [5.41, 5.74) is 1.87. The molecule has 1 aromatic rings. The van der Waals surface area contributed by atoms with Crippen LogP contribution in [0.3, 0.4) is 0 Å². The third-order valence-electron chi connectivity index (χ3n) is 2.73. The van der Waals surface area contributed by atoms with Crippen LogP contribution in [0.25, 0.3) is 0 Å². The number of carbonyl (C=O) groups is 2. The Bertz CT molecular complexity index is 422. The van der Waals surface area contributed by atoms with Gasteiger partial charge in [-0.05, 0) is 26.3 Å². The van der Waals surface area contributed by atoms with Crippen LogP contribution in [-0.4, -0.2) is 25.2 Å². The Morgan fingerprint density at radius 3 is 2.16 bits per heavy atom. The highest BCUT2D eigenvalue weighted by Crippen LogP contribution is 2.22. The molecule has 0 saturated heterocycles.